The minimum atomic E-state index is -3.79. The van der Waals surface area contributed by atoms with Crippen LogP contribution in [-0.4, -0.2) is 72.6 Å². The number of nitrogens with one attached hydrogen (secondary N) is 2. The van der Waals surface area contributed by atoms with Gasteiger partial charge in [-0.2, -0.15) is 17.4 Å². The van der Waals surface area contributed by atoms with Gasteiger partial charge in [-0.15, -0.1) is 0 Å². The fourth-order valence-electron chi connectivity index (χ4n) is 3.12. The van der Waals surface area contributed by atoms with Crippen molar-refractivity contribution in [3.05, 3.63) is 54.1 Å². The van der Waals surface area contributed by atoms with E-state index in [1.807, 2.05) is 37.4 Å². The Morgan fingerprint density at radius 2 is 2.00 bits per heavy atom. The van der Waals surface area contributed by atoms with E-state index in [9.17, 15) is 13.2 Å². The largest absolute Gasteiger partial charge is 0.342 e. The van der Waals surface area contributed by atoms with E-state index in [2.05, 4.69) is 19.6 Å². The Kier molecular flexibility index (Phi) is 6.38. The molecular weight excluding hydrogens is 366 g/mol. The molecule has 3 rings (SSSR count). The zero-order valence-corrected chi connectivity index (χ0v) is 16.2. The standard InChI is InChI=1S/C18H25N5O3S/c1-22-10-5-11-23(13-12-22)27(25,26)21-16(14-15-6-3-2-4-7-15)17(24)18-19-8-9-20-18/h2-4,6-9,16,21H,5,10-14H2,1H3,(H,19,20)/t16-/m0/s1. The Hall–Kier alpha value is -2.07. The van der Waals surface area contributed by atoms with Crippen LogP contribution in [0.15, 0.2) is 42.7 Å². The molecule has 2 N–H and O–H groups in total. The molecule has 0 amide bonds. The van der Waals surface area contributed by atoms with Gasteiger partial charge in [0.1, 0.15) is 0 Å². The van der Waals surface area contributed by atoms with Crippen LogP contribution in [0.1, 0.15) is 22.6 Å². The maximum Gasteiger partial charge on any atom is 0.280 e. The number of nitrogens with zero attached hydrogens (tertiary/aromatic N) is 3. The van der Waals surface area contributed by atoms with Gasteiger partial charge in [0.05, 0.1) is 6.04 Å². The normalized spacial score (nSPS) is 18.1. The molecule has 1 aromatic carbocycles. The summed E-state index contributed by atoms with van der Waals surface area (Å²) in [5.74, 6) is -0.228. The fourth-order valence-corrected chi connectivity index (χ4v) is 4.51. The molecule has 0 radical (unpaired) electrons. The topological polar surface area (TPSA) is 98.4 Å². The first-order valence-electron chi connectivity index (χ1n) is 8.99. The van der Waals surface area contributed by atoms with Crippen LogP contribution >= 0.6 is 0 Å². The summed E-state index contributed by atoms with van der Waals surface area (Å²) in [6.07, 6.45) is 4.04. The number of aromatic amines is 1. The van der Waals surface area contributed by atoms with Crippen LogP contribution in [0, 0.1) is 0 Å². The highest BCUT2D eigenvalue weighted by molar-refractivity contribution is 7.87. The van der Waals surface area contributed by atoms with Gasteiger partial charge in [0.15, 0.2) is 5.82 Å². The number of ketones is 1. The molecule has 0 aliphatic carbocycles. The van der Waals surface area contributed by atoms with E-state index in [4.69, 9.17) is 0 Å². The zero-order valence-electron chi connectivity index (χ0n) is 15.3. The highest BCUT2D eigenvalue weighted by atomic mass is 32.2. The first kappa shape index (κ1) is 19.7. The quantitative estimate of drug-likeness (QED) is 0.676. The lowest BCUT2D eigenvalue weighted by Crippen LogP contribution is -2.50. The molecule has 1 aromatic heterocycles. The third kappa shape index (κ3) is 5.23. The summed E-state index contributed by atoms with van der Waals surface area (Å²) in [5, 5.41) is 0. The van der Waals surface area contributed by atoms with Crippen LogP contribution in [0.2, 0.25) is 0 Å². The third-order valence-corrected chi connectivity index (χ3v) is 6.27. The number of aromatic nitrogens is 2. The Morgan fingerprint density at radius 1 is 1.22 bits per heavy atom. The molecule has 2 aromatic rings. The number of hydrogen-bond donors (Lipinski definition) is 2. The summed E-state index contributed by atoms with van der Waals surface area (Å²) in [6, 6.07) is 8.43. The third-order valence-electron chi connectivity index (χ3n) is 4.64. The zero-order chi connectivity index (χ0) is 19.3. The van der Waals surface area contributed by atoms with E-state index in [1.165, 1.54) is 10.5 Å². The Bertz CT molecular complexity index is 839. The molecule has 27 heavy (non-hydrogen) atoms. The number of benzene rings is 1. The van der Waals surface area contributed by atoms with Gasteiger partial charge in [-0.3, -0.25) is 4.79 Å². The summed E-state index contributed by atoms with van der Waals surface area (Å²) in [4.78, 5) is 21.7. The molecule has 2 heterocycles. The molecule has 1 saturated heterocycles. The molecule has 0 unspecified atom stereocenters. The Balaban J connectivity index is 1.80. The molecule has 1 atom stereocenters. The van der Waals surface area contributed by atoms with Crippen LogP contribution < -0.4 is 4.72 Å². The Morgan fingerprint density at radius 3 is 2.70 bits per heavy atom. The minimum absolute atomic E-state index is 0.147. The highest BCUT2D eigenvalue weighted by Crippen LogP contribution is 2.12. The van der Waals surface area contributed by atoms with Crippen molar-refractivity contribution < 1.29 is 13.2 Å². The number of likely N-dealkylation sites (N-methyl/N-ethyl adjacent to an activating group) is 1. The van der Waals surface area contributed by atoms with Crippen molar-refractivity contribution in [2.45, 2.75) is 18.9 Å². The van der Waals surface area contributed by atoms with Crippen molar-refractivity contribution in [1.82, 2.24) is 23.9 Å². The molecule has 1 aliphatic heterocycles. The maximum absolute atomic E-state index is 12.9. The predicted octanol–water partition coefficient (Wildman–Crippen LogP) is 0.676. The van der Waals surface area contributed by atoms with Crippen molar-refractivity contribution in [2.75, 3.05) is 33.2 Å². The van der Waals surface area contributed by atoms with E-state index >= 15 is 0 Å². The van der Waals surface area contributed by atoms with Crippen LogP contribution in [0.4, 0.5) is 0 Å². The van der Waals surface area contributed by atoms with Crippen LogP contribution in [0.3, 0.4) is 0 Å². The van der Waals surface area contributed by atoms with Gasteiger partial charge in [-0.25, -0.2) is 4.98 Å². The molecule has 0 spiro atoms. The van der Waals surface area contributed by atoms with Crippen molar-refractivity contribution >= 4 is 16.0 Å². The SMILES string of the molecule is CN1CCCN(S(=O)(=O)N[C@@H](Cc2ccccc2)C(=O)c2ncc[nH]2)CC1. The number of rotatable bonds is 7. The van der Waals surface area contributed by atoms with Gasteiger partial charge in [-0.05, 0) is 32.0 Å². The fraction of sp³-hybridized carbons (Fsp3) is 0.444. The van der Waals surface area contributed by atoms with Crippen LogP contribution in [0.25, 0.3) is 0 Å². The van der Waals surface area contributed by atoms with E-state index in [1.54, 1.807) is 6.20 Å². The Labute approximate surface area is 159 Å². The average molecular weight is 391 g/mol. The van der Waals surface area contributed by atoms with Gasteiger partial charge in [0, 0.05) is 32.0 Å². The second-order valence-electron chi connectivity index (χ2n) is 6.72. The van der Waals surface area contributed by atoms with Gasteiger partial charge >= 0.3 is 0 Å². The van der Waals surface area contributed by atoms with Crippen LogP contribution in [-0.2, 0) is 16.6 Å². The van der Waals surface area contributed by atoms with Crippen molar-refractivity contribution in [2.24, 2.45) is 0 Å². The molecule has 1 fully saturated rings. The number of carbonyl (C=O) groups is 1. The summed E-state index contributed by atoms with van der Waals surface area (Å²) in [5.41, 5.74) is 0.876. The monoisotopic (exact) mass is 391 g/mol. The summed E-state index contributed by atoms with van der Waals surface area (Å²) < 4.78 is 29.9. The van der Waals surface area contributed by atoms with Crippen molar-refractivity contribution in [3.8, 4) is 0 Å². The van der Waals surface area contributed by atoms with Gasteiger partial charge in [-0.1, -0.05) is 30.3 Å². The first-order chi connectivity index (χ1) is 13.0. The molecule has 9 heteroatoms. The summed E-state index contributed by atoms with van der Waals surface area (Å²) in [6.45, 7) is 2.35. The van der Waals surface area contributed by atoms with Crippen molar-refractivity contribution in [3.63, 3.8) is 0 Å². The van der Waals surface area contributed by atoms with Gasteiger partial charge in [0.25, 0.3) is 10.2 Å². The van der Waals surface area contributed by atoms with E-state index < -0.39 is 16.3 Å². The molecule has 1 aliphatic rings. The smallest absolute Gasteiger partial charge is 0.280 e. The van der Waals surface area contributed by atoms with E-state index in [0.717, 1.165) is 18.5 Å². The predicted molar refractivity (Wildman–Crippen MR) is 103 cm³/mol. The van der Waals surface area contributed by atoms with Crippen LogP contribution in [0.5, 0.6) is 0 Å². The second-order valence-corrected chi connectivity index (χ2v) is 8.43. The summed E-state index contributed by atoms with van der Waals surface area (Å²) in [7, 11) is -1.82. The van der Waals surface area contributed by atoms with Crippen molar-refractivity contribution in [1.29, 1.82) is 0 Å². The van der Waals surface area contributed by atoms with Gasteiger partial charge < -0.3 is 9.88 Å². The molecule has 0 bridgehead atoms. The minimum Gasteiger partial charge on any atom is -0.342 e. The second kappa shape index (κ2) is 8.75. The molecule has 8 nitrogen and oxygen atoms in total. The number of carbonyl (C=O) groups excluding carboxylic acids is 1. The highest BCUT2D eigenvalue weighted by Gasteiger charge is 2.31. The maximum atomic E-state index is 12.9. The number of hydrogen-bond acceptors (Lipinski definition) is 5. The van der Waals surface area contributed by atoms with E-state index in [-0.39, 0.29) is 18.0 Å². The lowest BCUT2D eigenvalue weighted by molar-refractivity contribution is 0.0942. The lowest BCUT2D eigenvalue weighted by atomic mass is 10.0. The summed E-state index contributed by atoms with van der Waals surface area (Å²) >= 11 is 0. The van der Waals surface area contributed by atoms with E-state index in [0.29, 0.717) is 19.6 Å². The number of H-pyrrole nitrogens is 1. The molecular formula is C18H25N5O3S. The lowest BCUT2D eigenvalue weighted by Gasteiger charge is -2.24. The number of Topliss-reactive ketones (excluding diaryl/α,β-unsaturated/α-hetero) is 1. The van der Waals surface area contributed by atoms with Gasteiger partial charge in [0.2, 0.25) is 5.78 Å². The molecule has 0 saturated carbocycles. The first-order valence-corrected chi connectivity index (χ1v) is 10.4. The molecule has 146 valence electrons. The number of imidazole rings is 1. The average Bonchev–Trinajstić information content (AvgIpc) is 3.09.